The lowest BCUT2D eigenvalue weighted by Gasteiger charge is -2.12. The fourth-order valence-electron chi connectivity index (χ4n) is 2.64. The van der Waals surface area contributed by atoms with Gasteiger partial charge >= 0.3 is 6.09 Å². The molecule has 1 heterocycles. The van der Waals surface area contributed by atoms with E-state index in [4.69, 9.17) is 4.74 Å². The summed E-state index contributed by atoms with van der Waals surface area (Å²) in [5, 5.41) is 2.86. The molecule has 0 saturated heterocycles. The molecule has 144 valence electrons. The molecule has 28 heavy (non-hydrogen) atoms. The van der Waals surface area contributed by atoms with Crippen LogP contribution in [0.5, 0.6) is 0 Å². The van der Waals surface area contributed by atoms with E-state index in [1.807, 2.05) is 54.0 Å². The van der Waals surface area contributed by atoms with Crippen molar-refractivity contribution in [2.45, 2.75) is 19.0 Å². The molecular weight excluding hydrogens is 374 g/mol. The van der Waals surface area contributed by atoms with E-state index >= 15 is 0 Å². The van der Waals surface area contributed by atoms with Crippen molar-refractivity contribution in [1.29, 1.82) is 0 Å². The van der Waals surface area contributed by atoms with Crippen molar-refractivity contribution in [3.63, 3.8) is 0 Å². The van der Waals surface area contributed by atoms with Crippen LogP contribution in [0.2, 0.25) is 0 Å². The van der Waals surface area contributed by atoms with Crippen LogP contribution in [0.15, 0.2) is 66.0 Å². The molecular formula is C21H21N3O3S. The third-order valence-corrected chi connectivity index (χ3v) is 4.89. The van der Waals surface area contributed by atoms with Crippen LogP contribution in [0.3, 0.4) is 0 Å². The van der Waals surface area contributed by atoms with E-state index in [-0.39, 0.29) is 12.4 Å². The summed E-state index contributed by atoms with van der Waals surface area (Å²) in [7, 11) is 0. The lowest BCUT2D eigenvalue weighted by molar-refractivity contribution is -0.117. The predicted octanol–water partition coefficient (Wildman–Crippen LogP) is 4.21. The Kier molecular flexibility index (Phi) is 6.49. The number of aromatic nitrogens is 2. The van der Waals surface area contributed by atoms with Crippen molar-refractivity contribution in [2.75, 3.05) is 12.4 Å². The Labute approximate surface area is 167 Å². The first-order chi connectivity index (χ1) is 13.6. The van der Waals surface area contributed by atoms with Gasteiger partial charge in [0.05, 0.1) is 24.3 Å². The van der Waals surface area contributed by atoms with Gasteiger partial charge < -0.3 is 4.74 Å². The Morgan fingerprint density at radius 3 is 2.50 bits per heavy atom. The molecule has 1 N–H and O–H groups in total. The lowest BCUT2D eigenvalue weighted by atomic mass is 10.1. The Bertz CT molecular complexity index is 953. The summed E-state index contributed by atoms with van der Waals surface area (Å²) in [5.41, 5.74) is 4.09. The zero-order valence-corrected chi connectivity index (χ0v) is 16.5. The number of imide groups is 1. The zero-order valence-electron chi connectivity index (χ0n) is 15.7. The zero-order chi connectivity index (χ0) is 19.9. The first-order valence-corrected chi connectivity index (χ1v) is 9.86. The van der Waals surface area contributed by atoms with Gasteiger partial charge in [-0.05, 0) is 26.0 Å². The van der Waals surface area contributed by atoms with E-state index in [9.17, 15) is 9.59 Å². The summed E-state index contributed by atoms with van der Waals surface area (Å²) in [6.45, 7) is 3.94. The van der Waals surface area contributed by atoms with Crippen LogP contribution in [0.1, 0.15) is 12.5 Å². The van der Waals surface area contributed by atoms with Crippen molar-refractivity contribution in [3.8, 4) is 16.9 Å². The number of ether oxygens (including phenoxy) is 1. The van der Waals surface area contributed by atoms with Gasteiger partial charge in [-0.1, -0.05) is 59.8 Å². The number of hydrogen-bond acceptors (Lipinski definition) is 5. The van der Waals surface area contributed by atoms with Gasteiger partial charge in [0.1, 0.15) is 0 Å². The van der Waals surface area contributed by atoms with Gasteiger partial charge in [-0.2, -0.15) is 0 Å². The molecule has 3 rings (SSSR count). The molecule has 0 aliphatic carbocycles. The van der Waals surface area contributed by atoms with Crippen molar-refractivity contribution < 1.29 is 14.3 Å². The number of alkyl carbamates (subject to hydrolysis) is 1. The monoisotopic (exact) mass is 395 g/mol. The number of aryl methyl sites for hydroxylation is 1. The maximum atomic E-state index is 12.0. The van der Waals surface area contributed by atoms with Crippen LogP contribution in [0, 0.1) is 6.92 Å². The Balaban J connectivity index is 1.86. The number of para-hydroxylation sites is 1. The fraction of sp³-hybridized carbons (Fsp3) is 0.190. The molecule has 0 radical (unpaired) electrons. The standard InChI is InChI=1S/C21H21N3O3S/c1-3-27-21(26)23-19(25)14-28-20-22-13-18(16-11-9-15(2)10-12-16)24(20)17-7-5-4-6-8-17/h4-13H,3,14H2,1-2H3,(H,23,25,26). The topological polar surface area (TPSA) is 73.2 Å². The van der Waals surface area contributed by atoms with Gasteiger partial charge in [0.15, 0.2) is 5.16 Å². The number of benzene rings is 2. The minimum absolute atomic E-state index is 0.0516. The van der Waals surface area contributed by atoms with E-state index in [0.717, 1.165) is 16.9 Å². The van der Waals surface area contributed by atoms with E-state index in [1.165, 1.54) is 17.3 Å². The quantitative estimate of drug-likeness (QED) is 0.633. The number of thioether (sulfide) groups is 1. The second kappa shape index (κ2) is 9.23. The summed E-state index contributed by atoms with van der Waals surface area (Å²) < 4.78 is 6.74. The minimum atomic E-state index is -0.736. The van der Waals surface area contributed by atoms with Crippen molar-refractivity contribution in [3.05, 3.63) is 66.4 Å². The first-order valence-electron chi connectivity index (χ1n) is 8.88. The van der Waals surface area contributed by atoms with Crippen LogP contribution in [0.4, 0.5) is 4.79 Å². The third-order valence-electron chi connectivity index (χ3n) is 3.94. The number of nitrogens with one attached hydrogen (secondary N) is 1. The molecule has 6 nitrogen and oxygen atoms in total. The number of amides is 2. The van der Waals surface area contributed by atoms with Crippen LogP contribution < -0.4 is 5.32 Å². The van der Waals surface area contributed by atoms with Gasteiger partial charge in [-0.3, -0.25) is 14.7 Å². The second-order valence-electron chi connectivity index (χ2n) is 6.02. The predicted molar refractivity (Wildman–Crippen MR) is 110 cm³/mol. The third kappa shape index (κ3) is 4.80. The van der Waals surface area contributed by atoms with Crippen LogP contribution in [-0.4, -0.2) is 33.9 Å². The molecule has 0 saturated carbocycles. The largest absolute Gasteiger partial charge is 0.450 e. The molecule has 0 atom stereocenters. The minimum Gasteiger partial charge on any atom is -0.450 e. The van der Waals surface area contributed by atoms with Gasteiger partial charge in [-0.15, -0.1) is 0 Å². The van der Waals surface area contributed by atoms with Crippen LogP contribution in [-0.2, 0) is 9.53 Å². The Morgan fingerprint density at radius 1 is 1.11 bits per heavy atom. The summed E-state index contributed by atoms with van der Waals surface area (Å²) >= 11 is 1.26. The van der Waals surface area contributed by atoms with Gasteiger partial charge in [0, 0.05) is 11.3 Å². The van der Waals surface area contributed by atoms with Crippen LogP contribution >= 0.6 is 11.8 Å². The van der Waals surface area contributed by atoms with Gasteiger partial charge in [-0.25, -0.2) is 9.78 Å². The maximum absolute atomic E-state index is 12.0. The summed E-state index contributed by atoms with van der Waals surface area (Å²) in [4.78, 5) is 27.9. The van der Waals surface area contributed by atoms with Crippen LogP contribution in [0.25, 0.3) is 16.9 Å². The highest BCUT2D eigenvalue weighted by Gasteiger charge is 2.16. The average molecular weight is 395 g/mol. The molecule has 0 spiro atoms. The molecule has 0 fully saturated rings. The van der Waals surface area contributed by atoms with E-state index < -0.39 is 12.0 Å². The smallest absolute Gasteiger partial charge is 0.413 e. The van der Waals surface area contributed by atoms with Crippen molar-refractivity contribution >= 4 is 23.8 Å². The number of rotatable bonds is 6. The summed E-state index contributed by atoms with van der Waals surface area (Å²) in [6.07, 6.45) is 1.06. The van der Waals surface area contributed by atoms with Crippen molar-refractivity contribution in [2.24, 2.45) is 0 Å². The van der Waals surface area contributed by atoms with E-state index in [1.54, 1.807) is 13.1 Å². The molecule has 2 aromatic carbocycles. The maximum Gasteiger partial charge on any atom is 0.413 e. The van der Waals surface area contributed by atoms with Crippen molar-refractivity contribution in [1.82, 2.24) is 14.9 Å². The normalized spacial score (nSPS) is 10.5. The first kappa shape index (κ1) is 19.7. The Morgan fingerprint density at radius 2 is 1.82 bits per heavy atom. The number of imidazole rings is 1. The lowest BCUT2D eigenvalue weighted by Crippen LogP contribution is -2.32. The number of carbonyl (C=O) groups excluding carboxylic acids is 2. The highest BCUT2D eigenvalue weighted by molar-refractivity contribution is 7.99. The molecule has 0 aliphatic heterocycles. The second-order valence-corrected chi connectivity index (χ2v) is 6.96. The molecule has 0 aliphatic rings. The fourth-order valence-corrected chi connectivity index (χ4v) is 3.43. The number of carbonyl (C=O) groups is 2. The highest BCUT2D eigenvalue weighted by Crippen LogP contribution is 2.29. The van der Waals surface area contributed by atoms with E-state index in [2.05, 4.69) is 22.4 Å². The molecule has 0 bridgehead atoms. The summed E-state index contributed by atoms with van der Waals surface area (Å²) in [5.74, 6) is -0.376. The molecule has 0 unspecified atom stereocenters. The summed E-state index contributed by atoms with van der Waals surface area (Å²) in [6, 6.07) is 18.0. The average Bonchev–Trinajstić information content (AvgIpc) is 3.12. The van der Waals surface area contributed by atoms with E-state index in [0.29, 0.717) is 5.16 Å². The molecule has 3 aromatic rings. The van der Waals surface area contributed by atoms with Gasteiger partial charge in [0.2, 0.25) is 5.91 Å². The number of nitrogens with zero attached hydrogens (tertiary/aromatic N) is 2. The molecule has 7 heteroatoms. The molecule has 2 amide bonds. The Hall–Kier alpha value is -3.06. The SMILES string of the molecule is CCOC(=O)NC(=O)CSc1ncc(-c2ccc(C)cc2)n1-c1ccccc1. The highest BCUT2D eigenvalue weighted by atomic mass is 32.2. The molecule has 1 aromatic heterocycles. The number of hydrogen-bond donors (Lipinski definition) is 1. The van der Waals surface area contributed by atoms with Gasteiger partial charge in [0.25, 0.3) is 0 Å².